The summed E-state index contributed by atoms with van der Waals surface area (Å²) in [7, 11) is 0. The molecule has 3 N–H and O–H groups in total. The molecular weight excluding hydrogens is 483 g/mol. The minimum atomic E-state index is -4.84. The van der Waals surface area contributed by atoms with Gasteiger partial charge < -0.3 is 25.0 Å². The van der Waals surface area contributed by atoms with Crippen molar-refractivity contribution in [2.75, 3.05) is 18.4 Å². The van der Waals surface area contributed by atoms with E-state index in [0.29, 0.717) is 29.8 Å². The molecule has 0 spiro atoms. The molecule has 3 aromatic rings. The van der Waals surface area contributed by atoms with E-state index >= 15 is 0 Å². The number of carboxylic acids is 1. The van der Waals surface area contributed by atoms with Gasteiger partial charge in [0.05, 0.1) is 12.2 Å². The number of rotatable bonds is 9. The predicted molar refractivity (Wildman–Crippen MR) is 123 cm³/mol. The van der Waals surface area contributed by atoms with Gasteiger partial charge in [0.15, 0.2) is 5.82 Å². The molecule has 0 radical (unpaired) electrons. The lowest BCUT2D eigenvalue weighted by Gasteiger charge is -2.15. The standard InChI is InChI=1S/C23H22F3N5O5/c24-23(25,26)36-15-8-6-14(7-9-15)31-21(34)17-4-1-3-16(17)20(29-31)28-18-5-2-11-30(22(18)35)12-10-27-13-19(32)33/h2,5-9,11,27H,1,3-4,10,12-13H2,(H,28,29)(H,32,33). The number of alkyl halides is 3. The molecule has 1 aliphatic rings. The number of anilines is 2. The summed E-state index contributed by atoms with van der Waals surface area (Å²) >= 11 is 0. The van der Waals surface area contributed by atoms with E-state index in [1.165, 1.54) is 16.7 Å². The van der Waals surface area contributed by atoms with E-state index in [2.05, 4.69) is 20.5 Å². The number of aliphatic carboxylic acids is 1. The molecule has 2 heterocycles. The van der Waals surface area contributed by atoms with E-state index in [4.69, 9.17) is 5.11 Å². The second-order valence-electron chi connectivity index (χ2n) is 8.03. The highest BCUT2D eigenvalue weighted by molar-refractivity contribution is 5.69. The lowest BCUT2D eigenvalue weighted by atomic mass is 10.2. The highest BCUT2D eigenvalue weighted by Crippen LogP contribution is 2.28. The van der Waals surface area contributed by atoms with Gasteiger partial charge in [-0.3, -0.25) is 14.4 Å². The molecule has 1 aliphatic carbocycles. The van der Waals surface area contributed by atoms with Crippen LogP contribution in [-0.4, -0.2) is 44.9 Å². The van der Waals surface area contributed by atoms with E-state index in [1.54, 1.807) is 18.3 Å². The first-order valence-electron chi connectivity index (χ1n) is 11.0. The molecule has 4 rings (SSSR count). The largest absolute Gasteiger partial charge is 0.573 e. The lowest BCUT2D eigenvalue weighted by molar-refractivity contribution is -0.274. The fraction of sp³-hybridized carbons (Fsp3) is 0.304. The first-order chi connectivity index (χ1) is 17.1. The summed E-state index contributed by atoms with van der Waals surface area (Å²) in [6.07, 6.45) is -1.46. The number of fused-ring (bicyclic) bond motifs is 1. The van der Waals surface area contributed by atoms with Crippen LogP contribution in [0, 0.1) is 0 Å². The third-order valence-electron chi connectivity index (χ3n) is 5.55. The van der Waals surface area contributed by atoms with Crippen LogP contribution >= 0.6 is 0 Å². The average molecular weight is 505 g/mol. The van der Waals surface area contributed by atoms with Crippen LogP contribution in [0.5, 0.6) is 5.75 Å². The molecule has 0 amide bonds. The number of pyridine rings is 1. The number of benzene rings is 1. The van der Waals surface area contributed by atoms with Crippen LogP contribution in [0.1, 0.15) is 17.5 Å². The number of aromatic nitrogens is 3. The fourth-order valence-corrected chi connectivity index (χ4v) is 3.97. The van der Waals surface area contributed by atoms with Crippen molar-refractivity contribution in [2.24, 2.45) is 0 Å². The Labute approximate surface area is 201 Å². The van der Waals surface area contributed by atoms with Gasteiger partial charge in [-0.1, -0.05) is 0 Å². The maximum absolute atomic E-state index is 13.0. The molecule has 190 valence electrons. The van der Waals surface area contributed by atoms with Crippen LogP contribution in [0.4, 0.5) is 24.7 Å². The van der Waals surface area contributed by atoms with Crippen molar-refractivity contribution in [1.29, 1.82) is 0 Å². The Hall–Kier alpha value is -4.13. The van der Waals surface area contributed by atoms with Crippen LogP contribution in [0.2, 0.25) is 0 Å². The number of carboxylic acid groups (broad SMARTS) is 1. The topological polar surface area (TPSA) is 127 Å². The molecule has 0 saturated heterocycles. The molecule has 10 nitrogen and oxygen atoms in total. The number of ether oxygens (including phenoxy) is 1. The molecule has 0 bridgehead atoms. The van der Waals surface area contributed by atoms with E-state index in [9.17, 15) is 27.6 Å². The van der Waals surface area contributed by atoms with Crippen molar-refractivity contribution >= 4 is 17.5 Å². The van der Waals surface area contributed by atoms with Gasteiger partial charge >= 0.3 is 12.3 Å². The third kappa shape index (κ3) is 5.74. The van der Waals surface area contributed by atoms with Crippen LogP contribution in [-0.2, 0) is 24.2 Å². The number of nitrogens with zero attached hydrogens (tertiary/aromatic N) is 3. The predicted octanol–water partition coefficient (Wildman–Crippen LogP) is 2.20. The van der Waals surface area contributed by atoms with Crippen molar-refractivity contribution in [3.05, 3.63) is 74.4 Å². The Bertz CT molecular complexity index is 1380. The highest BCUT2D eigenvalue weighted by Gasteiger charge is 2.31. The zero-order valence-corrected chi connectivity index (χ0v) is 18.8. The minimum Gasteiger partial charge on any atom is -0.480 e. The van der Waals surface area contributed by atoms with E-state index in [-0.39, 0.29) is 42.1 Å². The Morgan fingerprint density at radius 3 is 2.50 bits per heavy atom. The molecule has 13 heteroatoms. The quantitative estimate of drug-likeness (QED) is 0.378. The summed E-state index contributed by atoms with van der Waals surface area (Å²) in [5, 5.41) is 18.8. The molecular formula is C23H22F3N5O5. The maximum atomic E-state index is 13.0. The van der Waals surface area contributed by atoms with E-state index in [1.807, 2.05) is 0 Å². The summed E-state index contributed by atoms with van der Waals surface area (Å²) in [6, 6.07) is 7.97. The van der Waals surface area contributed by atoms with E-state index < -0.39 is 18.1 Å². The maximum Gasteiger partial charge on any atom is 0.573 e. The van der Waals surface area contributed by atoms with Crippen molar-refractivity contribution < 1.29 is 27.8 Å². The Kier molecular flexibility index (Phi) is 7.10. The summed E-state index contributed by atoms with van der Waals surface area (Å²) in [5.41, 5.74) is 0.907. The second-order valence-corrected chi connectivity index (χ2v) is 8.03. The van der Waals surface area contributed by atoms with Gasteiger partial charge in [-0.25, -0.2) is 0 Å². The minimum absolute atomic E-state index is 0.205. The Balaban J connectivity index is 1.63. The lowest BCUT2D eigenvalue weighted by Crippen LogP contribution is -2.31. The Morgan fingerprint density at radius 2 is 1.81 bits per heavy atom. The molecule has 0 unspecified atom stereocenters. The number of hydrogen-bond donors (Lipinski definition) is 3. The van der Waals surface area contributed by atoms with Crippen LogP contribution in [0.3, 0.4) is 0 Å². The van der Waals surface area contributed by atoms with Crippen LogP contribution in [0.25, 0.3) is 5.69 Å². The van der Waals surface area contributed by atoms with Crippen LogP contribution < -0.4 is 26.5 Å². The fourth-order valence-electron chi connectivity index (χ4n) is 3.97. The zero-order chi connectivity index (χ0) is 25.9. The van der Waals surface area contributed by atoms with Crippen molar-refractivity contribution in [1.82, 2.24) is 19.7 Å². The normalized spacial score (nSPS) is 12.9. The molecule has 0 fully saturated rings. The molecule has 0 atom stereocenters. The highest BCUT2D eigenvalue weighted by atomic mass is 19.4. The van der Waals surface area contributed by atoms with E-state index in [0.717, 1.165) is 23.2 Å². The summed E-state index contributed by atoms with van der Waals surface area (Å²) in [5.74, 6) is -1.13. The number of halogens is 3. The number of hydrogen-bond acceptors (Lipinski definition) is 7. The molecule has 1 aromatic carbocycles. The van der Waals surface area contributed by atoms with Crippen molar-refractivity contribution in [3.8, 4) is 11.4 Å². The SMILES string of the molecule is O=C(O)CNCCn1cccc(Nc2nn(-c3ccc(OC(F)(F)F)cc3)c(=O)c3c2CCC3)c1=O. The number of carbonyl (C=O) groups is 1. The van der Waals surface area contributed by atoms with Gasteiger partial charge in [0, 0.05) is 30.4 Å². The average Bonchev–Trinajstić information content (AvgIpc) is 3.31. The van der Waals surface area contributed by atoms with Crippen molar-refractivity contribution in [2.45, 2.75) is 32.2 Å². The van der Waals surface area contributed by atoms with Gasteiger partial charge in [0.25, 0.3) is 11.1 Å². The third-order valence-corrected chi connectivity index (χ3v) is 5.55. The summed E-state index contributed by atoms with van der Waals surface area (Å²) < 4.78 is 43.8. The van der Waals surface area contributed by atoms with Gasteiger partial charge in [-0.2, -0.15) is 4.68 Å². The molecule has 36 heavy (non-hydrogen) atoms. The van der Waals surface area contributed by atoms with Gasteiger partial charge in [-0.05, 0) is 55.7 Å². The van der Waals surface area contributed by atoms with Gasteiger partial charge in [-0.15, -0.1) is 18.3 Å². The smallest absolute Gasteiger partial charge is 0.480 e. The molecule has 0 saturated carbocycles. The summed E-state index contributed by atoms with van der Waals surface area (Å²) in [6.45, 7) is 0.273. The first-order valence-corrected chi connectivity index (χ1v) is 11.0. The Morgan fingerprint density at radius 1 is 1.08 bits per heavy atom. The molecule has 2 aromatic heterocycles. The van der Waals surface area contributed by atoms with Gasteiger partial charge in [0.2, 0.25) is 0 Å². The zero-order valence-electron chi connectivity index (χ0n) is 18.8. The summed E-state index contributed by atoms with van der Waals surface area (Å²) in [4.78, 5) is 36.6. The number of nitrogens with one attached hydrogen (secondary N) is 2. The van der Waals surface area contributed by atoms with Crippen LogP contribution in [0.15, 0.2) is 52.2 Å². The van der Waals surface area contributed by atoms with Gasteiger partial charge in [0.1, 0.15) is 11.4 Å². The van der Waals surface area contributed by atoms with Crippen molar-refractivity contribution in [3.63, 3.8) is 0 Å². The second kappa shape index (κ2) is 10.2. The monoisotopic (exact) mass is 505 g/mol. The molecule has 0 aliphatic heterocycles. The first kappa shape index (κ1) is 25.0.